The second-order valence-electron chi connectivity index (χ2n) is 16.8. The van der Waals surface area contributed by atoms with Gasteiger partial charge in [-0.05, 0) is 51.4 Å². The van der Waals surface area contributed by atoms with Gasteiger partial charge in [-0.1, -0.05) is 178 Å². The summed E-state index contributed by atoms with van der Waals surface area (Å²) in [5.74, 6) is -0.831. The highest BCUT2D eigenvalue weighted by molar-refractivity contribution is 7.47. The number of quaternary nitrogens is 1. The van der Waals surface area contributed by atoms with Crippen molar-refractivity contribution in [3.05, 3.63) is 48.6 Å². The lowest BCUT2D eigenvalue weighted by atomic mass is 10.0. The normalized spacial score (nSPS) is 14.0. The third-order valence-corrected chi connectivity index (χ3v) is 10.8. The summed E-state index contributed by atoms with van der Waals surface area (Å²) < 4.78 is 34.3. The predicted molar refractivity (Wildman–Crippen MR) is 243 cm³/mol. The Kier molecular flexibility index (Phi) is 39.0. The Labute approximate surface area is 356 Å². The molecule has 0 amide bonds. The van der Waals surface area contributed by atoms with Gasteiger partial charge in [0.25, 0.3) is 0 Å². The van der Waals surface area contributed by atoms with E-state index in [1.165, 1.54) is 96.3 Å². The molecule has 0 saturated heterocycles. The fourth-order valence-corrected chi connectivity index (χ4v) is 6.92. The molecule has 10 heteroatoms. The van der Waals surface area contributed by atoms with Crippen molar-refractivity contribution in [2.45, 2.75) is 200 Å². The number of phosphoric ester groups is 1. The van der Waals surface area contributed by atoms with Crippen LogP contribution in [0.1, 0.15) is 194 Å². The van der Waals surface area contributed by atoms with Crippen molar-refractivity contribution in [2.24, 2.45) is 0 Å². The summed E-state index contributed by atoms with van der Waals surface area (Å²) in [6.07, 6.45) is 47.3. The van der Waals surface area contributed by atoms with E-state index in [9.17, 15) is 19.0 Å². The van der Waals surface area contributed by atoms with Crippen LogP contribution in [0.25, 0.3) is 0 Å². The van der Waals surface area contributed by atoms with E-state index in [-0.39, 0.29) is 32.0 Å². The maximum atomic E-state index is 12.7. The molecule has 0 aromatic heterocycles. The first-order valence-corrected chi connectivity index (χ1v) is 24.9. The number of nitrogens with zero attached hydrogens (tertiary/aromatic N) is 1. The molecule has 0 saturated carbocycles. The smallest absolute Gasteiger partial charge is 0.462 e. The molecule has 0 bridgehead atoms. The fourth-order valence-electron chi connectivity index (χ4n) is 6.18. The SMILES string of the molecule is CCC/C=C/C/C=C/C/C=C/C/C=C/CCCCCC(=O)O[C@H](COC(=O)CCCCCCCCCCCCCCCCCCC)COP(=O)(O)OCC[N+](C)(C)C. The van der Waals surface area contributed by atoms with Gasteiger partial charge in [0.05, 0.1) is 27.7 Å². The standard InChI is InChI=1S/C48H88NO8P/c1-6-8-10-12-14-16-18-20-22-24-26-28-30-32-34-36-38-40-47(50)54-44-46(45-56-58(52,53)55-43-42-49(3,4)5)57-48(51)41-39-37-35-33-31-29-27-25-23-21-19-17-15-13-11-9-7-2/h11,13,17,19,23,25,29,31,46H,6-10,12,14-16,18,20-22,24,26-28,30,32-45H2,1-5H3/p+1/b13-11+,19-17+,25-23+,31-29+/t46-/m1/s1. The zero-order valence-electron chi connectivity index (χ0n) is 38.0. The van der Waals surface area contributed by atoms with Gasteiger partial charge in [0.1, 0.15) is 19.8 Å². The average molecular weight is 839 g/mol. The van der Waals surface area contributed by atoms with Crippen LogP contribution < -0.4 is 0 Å². The molecule has 1 unspecified atom stereocenters. The van der Waals surface area contributed by atoms with E-state index < -0.39 is 26.5 Å². The van der Waals surface area contributed by atoms with Crippen LogP contribution >= 0.6 is 7.82 Å². The van der Waals surface area contributed by atoms with E-state index in [4.69, 9.17) is 18.5 Å². The van der Waals surface area contributed by atoms with Crippen molar-refractivity contribution in [2.75, 3.05) is 47.5 Å². The summed E-state index contributed by atoms with van der Waals surface area (Å²) in [7, 11) is 1.45. The molecule has 58 heavy (non-hydrogen) atoms. The van der Waals surface area contributed by atoms with E-state index in [2.05, 4.69) is 62.5 Å². The van der Waals surface area contributed by atoms with Gasteiger partial charge in [0.15, 0.2) is 6.10 Å². The van der Waals surface area contributed by atoms with Crippen molar-refractivity contribution in [3.8, 4) is 0 Å². The molecule has 0 aliphatic carbocycles. The minimum atomic E-state index is -4.38. The van der Waals surface area contributed by atoms with Gasteiger partial charge in [0, 0.05) is 12.8 Å². The van der Waals surface area contributed by atoms with Crippen molar-refractivity contribution < 1.29 is 42.1 Å². The van der Waals surface area contributed by atoms with Crippen molar-refractivity contribution in [1.29, 1.82) is 0 Å². The largest absolute Gasteiger partial charge is 0.472 e. The molecule has 2 atom stereocenters. The van der Waals surface area contributed by atoms with Crippen LogP contribution in [0.5, 0.6) is 0 Å². The van der Waals surface area contributed by atoms with E-state index in [1.54, 1.807) is 0 Å². The quantitative estimate of drug-likeness (QED) is 0.0213. The van der Waals surface area contributed by atoms with Crippen molar-refractivity contribution in [1.82, 2.24) is 0 Å². The molecule has 0 aliphatic rings. The molecule has 0 spiro atoms. The highest BCUT2D eigenvalue weighted by atomic mass is 31.2. The van der Waals surface area contributed by atoms with E-state index in [0.717, 1.165) is 64.2 Å². The molecule has 1 N–H and O–H groups in total. The van der Waals surface area contributed by atoms with Crippen LogP contribution in [0.2, 0.25) is 0 Å². The predicted octanol–water partition coefficient (Wildman–Crippen LogP) is 13.5. The lowest BCUT2D eigenvalue weighted by Gasteiger charge is -2.24. The topological polar surface area (TPSA) is 108 Å². The summed E-state index contributed by atoms with van der Waals surface area (Å²) in [4.78, 5) is 35.4. The number of ether oxygens (including phenoxy) is 2. The number of phosphoric acid groups is 1. The second-order valence-corrected chi connectivity index (χ2v) is 18.2. The zero-order valence-corrected chi connectivity index (χ0v) is 38.9. The van der Waals surface area contributed by atoms with Crippen LogP contribution in [0.15, 0.2) is 48.6 Å². The molecule has 0 rings (SSSR count). The number of carbonyl (C=O) groups is 2. The number of esters is 2. The molecule has 0 aromatic rings. The summed E-state index contributed by atoms with van der Waals surface area (Å²) in [6.45, 7) is 4.33. The van der Waals surface area contributed by atoms with Crippen LogP contribution in [0, 0.1) is 0 Å². The van der Waals surface area contributed by atoms with Gasteiger partial charge in [-0.2, -0.15) is 0 Å². The number of hydrogen-bond acceptors (Lipinski definition) is 7. The Morgan fingerprint density at radius 3 is 1.45 bits per heavy atom. The molecule has 9 nitrogen and oxygen atoms in total. The number of carbonyl (C=O) groups excluding carboxylic acids is 2. The Bertz CT molecular complexity index is 1130. The molecular formula is C48H89NO8P+. The van der Waals surface area contributed by atoms with E-state index >= 15 is 0 Å². The molecule has 0 fully saturated rings. The monoisotopic (exact) mass is 839 g/mol. The molecule has 338 valence electrons. The van der Waals surface area contributed by atoms with Crippen molar-refractivity contribution >= 4 is 19.8 Å². The number of likely N-dealkylation sites (N-methyl/N-ethyl adjacent to an activating group) is 1. The Morgan fingerprint density at radius 2 is 0.966 bits per heavy atom. The van der Waals surface area contributed by atoms with E-state index in [1.807, 2.05) is 21.1 Å². The summed E-state index contributed by atoms with van der Waals surface area (Å²) in [5.41, 5.74) is 0. The highest BCUT2D eigenvalue weighted by Gasteiger charge is 2.27. The van der Waals surface area contributed by atoms with Crippen LogP contribution in [0.4, 0.5) is 0 Å². The Balaban J connectivity index is 4.37. The van der Waals surface area contributed by atoms with Crippen LogP contribution in [-0.2, 0) is 32.7 Å². The highest BCUT2D eigenvalue weighted by Crippen LogP contribution is 2.43. The van der Waals surface area contributed by atoms with Crippen molar-refractivity contribution in [3.63, 3.8) is 0 Å². The zero-order chi connectivity index (χ0) is 42.8. The average Bonchev–Trinajstić information content (AvgIpc) is 3.17. The minimum Gasteiger partial charge on any atom is -0.462 e. The first-order valence-electron chi connectivity index (χ1n) is 23.4. The number of allylic oxidation sites excluding steroid dienone is 8. The number of unbranched alkanes of at least 4 members (excludes halogenated alkanes) is 20. The molecule has 0 aromatic carbocycles. The third-order valence-electron chi connectivity index (χ3n) is 9.84. The van der Waals surface area contributed by atoms with Gasteiger partial charge in [0.2, 0.25) is 0 Å². The maximum Gasteiger partial charge on any atom is 0.472 e. The van der Waals surface area contributed by atoms with E-state index in [0.29, 0.717) is 17.4 Å². The lowest BCUT2D eigenvalue weighted by Crippen LogP contribution is -2.37. The summed E-state index contributed by atoms with van der Waals surface area (Å²) in [6, 6.07) is 0. The second kappa shape index (κ2) is 40.4. The molecular weight excluding hydrogens is 750 g/mol. The number of rotatable bonds is 42. The minimum absolute atomic E-state index is 0.0248. The lowest BCUT2D eigenvalue weighted by molar-refractivity contribution is -0.870. The van der Waals surface area contributed by atoms with Gasteiger partial charge in [-0.15, -0.1) is 0 Å². The molecule has 0 radical (unpaired) electrons. The third kappa shape index (κ3) is 43.5. The molecule has 0 heterocycles. The Hall–Kier alpha value is -2.03. The number of hydrogen-bond donors (Lipinski definition) is 1. The Morgan fingerprint density at radius 1 is 0.534 bits per heavy atom. The van der Waals surface area contributed by atoms with Gasteiger partial charge in [-0.3, -0.25) is 18.6 Å². The first kappa shape index (κ1) is 56.0. The fraction of sp³-hybridized carbons (Fsp3) is 0.792. The van der Waals surface area contributed by atoms with Crippen LogP contribution in [0.3, 0.4) is 0 Å². The van der Waals surface area contributed by atoms with Gasteiger partial charge < -0.3 is 18.9 Å². The first-order chi connectivity index (χ1) is 28.0. The van der Waals surface area contributed by atoms with Crippen LogP contribution in [-0.4, -0.2) is 74.9 Å². The molecule has 0 aliphatic heterocycles. The summed E-state index contributed by atoms with van der Waals surface area (Å²) >= 11 is 0. The van der Waals surface area contributed by atoms with Gasteiger partial charge >= 0.3 is 19.8 Å². The maximum absolute atomic E-state index is 12.7. The van der Waals surface area contributed by atoms with Gasteiger partial charge in [-0.25, -0.2) is 4.57 Å². The summed E-state index contributed by atoms with van der Waals surface area (Å²) in [5, 5.41) is 0.